The lowest BCUT2D eigenvalue weighted by atomic mass is 10.0. The molecular weight excluding hydrogens is 484 g/mol. The summed E-state index contributed by atoms with van der Waals surface area (Å²) in [6.45, 7) is 1.12. The summed E-state index contributed by atoms with van der Waals surface area (Å²) in [5.41, 5.74) is 2.05. The zero-order valence-electron chi connectivity index (χ0n) is 21.0. The molecule has 0 fully saturated rings. The van der Waals surface area contributed by atoms with Gasteiger partial charge in [-0.2, -0.15) is 0 Å². The number of carbonyl (C=O) groups excluding carboxylic acids is 5. The van der Waals surface area contributed by atoms with E-state index in [1.165, 1.54) is 6.92 Å². The highest BCUT2D eigenvalue weighted by Gasteiger charge is 2.26. The normalized spacial score (nSPS) is 11.9. The van der Waals surface area contributed by atoms with Crippen LogP contribution in [0.4, 0.5) is 0 Å². The van der Waals surface area contributed by atoms with E-state index >= 15 is 0 Å². The standard InChI is InChI=1S/C29H30N4O5/c1-20(26(35)31-19-25(34)29(38)30-18-22-13-7-3-8-14-22)32-28(37)24(17-21-11-5-2-6-12-21)33-27(36)23-15-9-4-10-16-23/h2-16,20,24H,17-19H2,1H3,(H,30,38)(H,31,35)(H,32,37)(H,33,36). The summed E-state index contributed by atoms with van der Waals surface area (Å²) >= 11 is 0. The van der Waals surface area contributed by atoms with Crippen LogP contribution in [0.5, 0.6) is 0 Å². The number of rotatable bonds is 12. The van der Waals surface area contributed by atoms with Gasteiger partial charge in [0.25, 0.3) is 11.8 Å². The zero-order chi connectivity index (χ0) is 27.3. The number of hydrogen-bond acceptors (Lipinski definition) is 5. The topological polar surface area (TPSA) is 133 Å². The molecule has 0 heterocycles. The van der Waals surface area contributed by atoms with Crippen molar-refractivity contribution in [2.24, 2.45) is 0 Å². The van der Waals surface area contributed by atoms with E-state index in [0.717, 1.165) is 11.1 Å². The van der Waals surface area contributed by atoms with Crippen molar-refractivity contribution >= 4 is 29.4 Å². The Bertz CT molecular complexity index is 1250. The van der Waals surface area contributed by atoms with Crippen LogP contribution in [0, 0.1) is 0 Å². The number of carbonyl (C=O) groups is 5. The highest BCUT2D eigenvalue weighted by molar-refractivity contribution is 6.37. The molecule has 196 valence electrons. The molecule has 0 aliphatic carbocycles. The molecule has 0 radical (unpaired) electrons. The van der Waals surface area contributed by atoms with Gasteiger partial charge in [-0.25, -0.2) is 0 Å². The van der Waals surface area contributed by atoms with E-state index in [9.17, 15) is 24.0 Å². The van der Waals surface area contributed by atoms with Crippen molar-refractivity contribution in [3.8, 4) is 0 Å². The first-order chi connectivity index (χ1) is 18.3. The predicted molar refractivity (Wildman–Crippen MR) is 142 cm³/mol. The zero-order valence-corrected chi connectivity index (χ0v) is 21.0. The molecule has 0 aliphatic heterocycles. The van der Waals surface area contributed by atoms with Crippen molar-refractivity contribution in [3.63, 3.8) is 0 Å². The molecule has 9 nitrogen and oxygen atoms in total. The summed E-state index contributed by atoms with van der Waals surface area (Å²) in [7, 11) is 0. The van der Waals surface area contributed by atoms with Crippen molar-refractivity contribution in [1.29, 1.82) is 0 Å². The minimum Gasteiger partial charge on any atom is -0.347 e. The SMILES string of the molecule is CC(NC(=O)C(Cc1ccccc1)NC(=O)c1ccccc1)C(=O)NCC(=O)C(=O)NCc1ccccc1. The highest BCUT2D eigenvalue weighted by Crippen LogP contribution is 2.06. The van der Waals surface area contributed by atoms with E-state index in [0.29, 0.717) is 5.56 Å². The number of hydrogen-bond donors (Lipinski definition) is 4. The fourth-order valence-electron chi connectivity index (χ4n) is 3.55. The Morgan fingerprint density at radius 1 is 0.658 bits per heavy atom. The van der Waals surface area contributed by atoms with Crippen LogP contribution in [-0.4, -0.2) is 48.0 Å². The molecule has 38 heavy (non-hydrogen) atoms. The van der Waals surface area contributed by atoms with Crippen molar-refractivity contribution in [2.75, 3.05) is 6.54 Å². The van der Waals surface area contributed by atoms with E-state index in [-0.39, 0.29) is 13.0 Å². The van der Waals surface area contributed by atoms with Crippen LogP contribution in [0.2, 0.25) is 0 Å². The Morgan fingerprint density at radius 2 is 1.21 bits per heavy atom. The van der Waals surface area contributed by atoms with Crippen LogP contribution in [0.3, 0.4) is 0 Å². The second kappa shape index (κ2) is 14.1. The minimum atomic E-state index is -1.02. The molecule has 0 aromatic heterocycles. The van der Waals surface area contributed by atoms with Gasteiger partial charge in [-0.05, 0) is 30.2 Å². The molecule has 4 amide bonds. The predicted octanol–water partition coefficient (Wildman–Crippen LogP) is 1.53. The average molecular weight is 515 g/mol. The molecule has 3 rings (SSSR count). The molecule has 3 aromatic rings. The summed E-state index contributed by atoms with van der Waals surface area (Å²) < 4.78 is 0. The van der Waals surface area contributed by atoms with Gasteiger partial charge >= 0.3 is 0 Å². The molecule has 0 saturated heterocycles. The molecule has 0 spiro atoms. The Kier molecular flexibility index (Phi) is 10.3. The maximum atomic E-state index is 13.1. The molecule has 3 aromatic carbocycles. The Balaban J connectivity index is 1.53. The first-order valence-electron chi connectivity index (χ1n) is 12.2. The monoisotopic (exact) mass is 514 g/mol. The smallest absolute Gasteiger partial charge is 0.289 e. The number of nitrogens with one attached hydrogen (secondary N) is 4. The molecule has 4 N–H and O–H groups in total. The minimum absolute atomic E-state index is 0.184. The lowest BCUT2D eigenvalue weighted by Crippen LogP contribution is -2.54. The van der Waals surface area contributed by atoms with Crippen LogP contribution >= 0.6 is 0 Å². The molecular formula is C29H30N4O5. The quantitative estimate of drug-likeness (QED) is 0.272. The third kappa shape index (κ3) is 8.70. The van der Waals surface area contributed by atoms with Crippen molar-refractivity contribution in [3.05, 3.63) is 108 Å². The van der Waals surface area contributed by atoms with Crippen molar-refractivity contribution in [2.45, 2.75) is 32.0 Å². The van der Waals surface area contributed by atoms with Gasteiger partial charge in [0.05, 0.1) is 6.54 Å². The van der Waals surface area contributed by atoms with Gasteiger partial charge in [-0.1, -0.05) is 78.9 Å². The van der Waals surface area contributed by atoms with E-state index in [2.05, 4.69) is 21.3 Å². The molecule has 2 atom stereocenters. The van der Waals surface area contributed by atoms with Gasteiger partial charge in [-0.15, -0.1) is 0 Å². The van der Waals surface area contributed by atoms with E-state index in [1.54, 1.807) is 30.3 Å². The molecule has 9 heteroatoms. The largest absolute Gasteiger partial charge is 0.347 e. The van der Waals surface area contributed by atoms with Crippen LogP contribution in [0.1, 0.15) is 28.4 Å². The number of benzene rings is 3. The van der Waals surface area contributed by atoms with E-state index < -0.39 is 48.0 Å². The van der Waals surface area contributed by atoms with Crippen molar-refractivity contribution in [1.82, 2.24) is 21.3 Å². The van der Waals surface area contributed by atoms with Crippen LogP contribution in [-0.2, 0) is 32.1 Å². The maximum absolute atomic E-state index is 13.1. The maximum Gasteiger partial charge on any atom is 0.289 e. The number of Topliss-reactive ketones (excluding diaryl/α,β-unsaturated/α-hetero) is 1. The third-order valence-electron chi connectivity index (χ3n) is 5.66. The first kappa shape index (κ1) is 27.8. The van der Waals surface area contributed by atoms with E-state index in [1.807, 2.05) is 60.7 Å². The summed E-state index contributed by atoms with van der Waals surface area (Å²) in [5, 5.41) is 10.2. The van der Waals surface area contributed by atoms with Gasteiger partial charge in [0.2, 0.25) is 17.6 Å². The molecule has 0 bridgehead atoms. The van der Waals surface area contributed by atoms with Gasteiger partial charge in [0, 0.05) is 18.5 Å². The second-order valence-corrected chi connectivity index (χ2v) is 8.62. The van der Waals surface area contributed by atoms with Gasteiger partial charge in [-0.3, -0.25) is 24.0 Å². The summed E-state index contributed by atoms with van der Waals surface area (Å²) in [5.74, 6) is -3.27. The fraction of sp³-hybridized carbons (Fsp3) is 0.207. The average Bonchev–Trinajstić information content (AvgIpc) is 2.95. The Morgan fingerprint density at radius 3 is 1.82 bits per heavy atom. The Hall–Kier alpha value is -4.79. The van der Waals surface area contributed by atoms with Crippen LogP contribution < -0.4 is 21.3 Å². The van der Waals surface area contributed by atoms with Crippen molar-refractivity contribution < 1.29 is 24.0 Å². The third-order valence-corrected chi connectivity index (χ3v) is 5.66. The highest BCUT2D eigenvalue weighted by atomic mass is 16.2. The first-order valence-corrected chi connectivity index (χ1v) is 12.2. The molecule has 0 saturated carbocycles. The molecule has 0 aliphatic rings. The summed E-state index contributed by atoms with van der Waals surface area (Å²) in [6, 6.07) is 24.8. The van der Waals surface area contributed by atoms with Gasteiger partial charge in [0.15, 0.2) is 0 Å². The van der Waals surface area contributed by atoms with Crippen LogP contribution in [0.25, 0.3) is 0 Å². The number of ketones is 1. The van der Waals surface area contributed by atoms with Crippen LogP contribution in [0.15, 0.2) is 91.0 Å². The lowest BCUT2D eigenvalue weighted by Gasteiger charge is -2.21. The summed E-state index contributed by atoms with van der Waals surface area (Å²) in [6.07, 6.45) is 0.208. The summed E-state index contributed by atoms with van der Waals surface area (Å²) in [4.78, 5) is 62.4. The fourth-order valence-corrected chi connectivity index (χ4v) is 3.55. The molecule has 2 unspecified atom stereocenters. The van der Waals surface area contributed by atoms with E-state index in [4.69, 9.17) is 0 Å². The van der Waals surface area contributed by atoms with Gasteiger partial charge < -0.3 is 21.3 Å². The number of amides is 4. The second-order valence-electron chi connectivity index (χ2n) is 8.62. The van der Waals surface area contributed by atoms with Gasteiger partial charge in [0.1, 0.15) is 12.1 Å². The Labute approximate surface area is 221 Å². The lowest BCUT2D eigenvalue weighted by molar-refractivity contribution is -0.138.